The maximum Gasteiger partial charge on any atom is 0.339 e. The zero-order chi connectivity index (χ0) is 28.1. The molecule has 2 aromatic carbocycles. The third-order valence-corrected chi connectivity index (χ3v) is 8.07. The fourth-order valence-corrected chi connectivity index (χ4v) is 6.26. The van der Waals surface area contributed by atoms with Gasteiger partial charge in [0, 0.05) is 49.4 Å². The highest BCUT2D eigenvalue weighted by Crippen LogP contribution is 2.52. The average molecular weight is 545 g/mol. The Bertz CT molecular complexity index is 1510. The van der Waals surface area contributed by atoms with E-state index in [2.05, 4.69) is 29.9 Å². The molecule has 0 radical (unpaired) electrons. The van der Waals surface area contributed by atoms with Gasteiger partial charge in [-0.3, -0.25) is 9.80 Å². The highest BCUT2D eigenvalue weighted by molar-refractivity contribution is 5.96. The number of likely N-dealkylation sites (tertiary alicyclic amines) is 1. The average Bonchev–Trinajstić information content (AvgIpc) is 3.37. The molecule has 10 heteroatoms. The lowest BCUT2D eigenvalue weighted by atomic mass is 9.91. The molecule has 208 valence electrons. The number of nitrogens with zero attached hydrogens (tertiary/aromatic N) is 4. The van der Waals surface area contributed by atoms with Gasteiger partial charge >= 0.3 is 5.97 Å². The largest absolute Gasteiger partial charge is 0.478 e. The molecule has 3 aromatic rings. The predicted molar refractivity (Wildman–Crippen MR) is 148 cm³/mol. The van der Waals surface area contributed by atoms with Gasteiger partial charge < -0.3 is 15.4 Å². The van der Waals surface area contributed by atoms with Gasteiger partial charge in [0.05, 0.1) is 23.1 Å². The molecule has 3 N–H and O–H groups in total. The molecule has 1 aliphatic carbocycles. The van der Waals surface area contributed by atoms with Gasteiger partial charge in [0.15, 0.2) is 0 Å². The third-order valence-electron chi connectivity index (χ3n) is 8.07. The number of hydrogen-bond donors (Lipinski definition) is 3. The molecule has 3 heterocycles. The van der Waals surface area contributed by atoms with Crippen LogP contribution in [0.3, 0.4) is 0 Å². The van der Waals surface area contributed by atoms with Crippen molar-refractivity contribution in [3.63, 3.8) is 0 Å². The molecule has 2 unspecified atom stereocenters. The molecule has 1 amide bonds. The summed E-state index contributed by atoms with van der Waals surface area (Å²) >= 11 is 0. The number of hydrogen-bond acceptors (Lipinski definition) is 6. The summed E-state index contributed by atoms with van der Waals surface area (Å²) in [5.74, 6) is -1.03. The Morgan fingerprint density at radius 3 is 2.48 bits per heavy atom. The highest BCUT2D eigenvalue weighted by Gasteiger charge is 2.46. The Kier molecular flexibility index (Phi) is 6.58. The maximum atomic E-state index is 15.9. The Morgan fingerprint density at radius 1 is 1.02 bits per heavy atom. The minimum absolute atomic E-state index is 0.0312. The summed E-state index contributed by atoms with van der Waals surface area (Å²) in [4.78, 5) is 27.2. The number of carbonyl (C=O) groups is 2. The van der Waals surface area contributed by atoms with Crippen LogP contribution < -0.4 is 11.0 Å². The minimum atomic E-state index is -1.04. The van der Waals surface area contributed by atoms with Crippen molar-refractivity contribution in [3.8, 4) is 16.8 Å². The quantitative estimate of drug-likeness (QED) is 0.423. The molecule has 0 bridgehead atoms. The standard InChI is InChI=1S/C30H33FN6O3/c1-17-10-18(2)15-36(14-17)29(38)22-9-5-8-21(27(22)31)19-6-4-7-20(11-19)37-28(25(13-32-37)30(39)40)24-12-23(24)26-16-35(3)34-33-26/h4-9,11,13,16-18,23-24,33-34H,10,12,14-15H2,1-3H3,(H,39,40)/t17?,18?,23-,24-/m1/s1. The van der Waals surface area contributed by atoms with E-state index in [1.165, 1.54) is 6.20 Å². The fraction of sp³-hybridized carbons (Fsp3) is 0.367. The van der Waals surface area contributed by atoms with Crippen LogP contribution in [0, 0.1) is 23.6 Å². The normalized spacial score (nSPS) is 24.1. The maximum absolute atomic E-state index is 15.9. The van der Waals surface area contributed by atoms with Crippen molar-refractivity contribution < 1.29 is 19.1 Å². The minimum Gasteiger partial charge on any atom is -0.478 e. The number of carbonyl (C=O) groups excluding carboxylic acids is 1. The summed E-state index contributed by atoms with van der Waals surface area (Å²) in [6.45, 7) is 5.48. The predicted octanol–water partition coefficient (Wildman–Crippen LogP) is 4.39. The van der Waals surface area contributed by atoms with Gasteiger partial charge in [-0.25, -0.2) is 13.9 Å². The second-order valence-electron chi connectivity index (χ2n) is 11.4. The van der Waals surface area contributed by atoms with Crippen LogP contribution in [0.1, 0.15) is 59.0 Å². The lowest BCUT2D eigenvalue weighted by Crippen LogP contribution is -2.42. The van der Waals surface area contributed by atoms with Crippen molar-refractivity contribution in [1.29, 1.82) is 0 Å². The number of rotatable bonds is 6. The number of aromatic nitrogens is 2. The summed E-state index contributed by atoms with van der Waals surface area (Å²) < 4.78 is 17.6. The number of nitrogens with one attached hydrogen (secondary N) is 2. The number of hydrazine groups is 2. The van der Waals surface area contributed by atoms with Crippen molar-refractivity contribution >= 4 is 11.9 Å². The number of carboxylic acid groups (broad SMARTS) is 1. The first kappa shape index (κ1) is 26.1. The second-order valence-corrected chi connectivity index (χ2v) is 11.4. The molecule has 3 aliphatic rings. The molecular weight excluding hydrogens is 511 g/mol. The monoisotopic (exact) mass is 544 g/mol. The first-order valence-electron chi connectivity index (χ1n) is 13.7. The van der Waals surface area contributed by atoms with Crippen LogP contribution in [-0.2, 0) is 0 Å². The van der Waals surface area contributed by atoms with E-state index in [0.29, 0.717) is 47.4 Å². The Labute approximate surface area is 232 Å². The molecule has 2 aliphatic heterocycles. The summed E-state index contributed by atoms with van der Waals surface area (Å²) in [6.07, 6.45) is 5.17. The molecule has 6 rings (SSSR count). The first-order valence-corrected chi connectivity index (χ1v) is 13.7. The van der Waals surface area contributed by atoms with Crippen LogP contribution in [-0.4, -0.2) is 56.8 Å². The van der Waals surface area contributed by atoms with E-state index in [9.17, 15) is 14.7 Å². The molecule has 9 nitrogen and oxygen atoms in total. The second kappa shape index (κ2) is 10.1. The van der Waals surface area contributed by atoms with Gasteiger partial charge in [0.2, 0.25) is 0 Å². The number of carboxylic acids is 1. The zero-order valence-electron chi connectivity index (χ0n) is 22.8. The lowest BCUT2D eigenvalue weighted by molar-refractivity contribution is 0.0617. The summed E-state index contributed by atoms with van der Waals surface area (Å²) in [5, 5.41) is 16.1. The van der Waals surface area contributed by atoms with Crippen molar-refractivity contribution in [3.05, 3.63) is 83.2 Å². The van der Waals surface area contributed by atoms with Gasteiger partial charge in [-0.05, 0) is 48.4 Å². The van der Waals surface area contributed by atoms with Crippen LogP contribution in [0.5, 0.6) is 0 Å². The van der Waals surface area contributed by atoms with E-state index >= 15 is 4.39 Å². The number of amides is 1. The number of halogens is 1. The van der Waals surface area contributed by atoms with E-state index in [0.717, 1.165) is 18.5 Å². The number of allylic oxidation sites excluding steroid dienone is 1. The molecule has 0 spiro atoms. The summed E-state index contributed by atoms with van der Waals surface area (Å²) in [6, 6.07) is 12.1. The first-order chi connectivity index (χ1) is 19.2. The van der Waals surface area contributed by atoms with Gasteiger partial charge in [0.25, 0.3) is 5.91 Å². The number of aromatic carboxylic acids is 1. The van der Waals surface area contributed by atoms with Gasteiger partial charge in [-0.2, -0.15) is 5.10 Å². The highest BCUT2D eigenvalue weighted by atomic mass is 19.1. The van der Waals surface area contributed by atoms with E-state index in [4.69, 9.17) is 0 Å². The van der Waals surface area contributed by atoms with Crippen molar-refractivity contribution in [2.45, 2.75) is 32.6 Å². The van der Waals surface area contributed by atoms with Gasteiger partial charge in [0.1, 0.15) is 11.4 Å². The molecule has 2 fully saturated rings. The Balaban J connectivity index is 1.33. The Hall–Kier alpha value is -4.18. The van der Waals surface area contributed by atoms with E-state index in [1.807, 2.05) is 24.3 Å². The van der Waals surface area contributed by atoms with Crippen LogP contribution in [0.25, 0.3) is 16.8 Å². The van der Waals surface area contributed by atoms with Crippen molar-refractivity contribution in [2.75, 3.05) is 20.1 Å². The van der Waals surface area contributed by atoms with E-state index < -0.39 is 11.8 Å². The number of piperidine rings is 1. The van der Waals surface area contributed by atoms with E-state index in [-0.39, 0.29) is 28.9 Å². The molecule has 1 saturated heterocycles. The summed E-state index contributed by atoms with van der Waals surface area (Å²) in [7, 11) is 1.88. The Morgan fingerprint density at radius 2 is 1.77 bits per heavy atom. The molecule has 4 atom stereocenters. The third kappa shape index (κ3) is 4.72. The smallest absolute Gasteiger partial charge is 0.339 e. The van der Waals surface area contributed by atoms with Crippen LogP contribution >= 0.6 is 0 Å². The van der Waals surface area contributed by atoms with Crippen LogP contribution in [0.15, 0.2) is 60.6 Å². The molecule has 1 saturated carbocycles. The lowest BCUT2D eigenvalue weighted by Gasteiger charge is -2.35. The SMILES string of the molecule is CC1CC(C)CN(C(=O)c2cccc(-c3cccc(-n4ncc(C(=O)O)c4[C@@H]4C[C@H]4C4=CN(C)NN4)c3)c2F)C1. The zero-order valence-corrected chi connectivity index (χ0v) is 22.8. The molecule has 40 heavy (non-hydrogen) atoms. The topological polar surface area (TPSA) is 103 Å². The van der Waals surface area contributed by atoms with Crippen molar-refractivity contribution in [2.24, 2.45) is 17.8 Å². The van der Waals surface area contributed by atoms with Gasteiger partial charge in [-0.1, -0.05) is 38.1 Å². The van der Waals surface area contributed by atoms with Crippen LogP contribution in [0.4, 0.5) is 4.39 Å². The van der Waals surface area contributed by atoms with E-state index in [1.54, 1.807) is 46.0 Å². The number of benzene rings is 2. The van der Waals surface area contributed by atoms with Crippen molar-refractivity contribution in [1.82, 2.24) is 30.6 Å². The summed E-state index contributed by atoms with van der Waals surface area (Å²) in [5.41, 5.74) is 9.49. The molecule has 1 aromatic heterocycles. The van der Waals surface area contributed by atoms with Crippen LogP contribution in [0.2, 0.25) is 0 Å². The molecular formula is C30H33FN6O3. The van der Waals surface area contributed by atoms with Gasteiger partial charge in [-0.15, -0.1) is 5.53 Å². The fourth-order valence-electron chi connectivity index (χ4n) is 6.26.